The van der Waals surface area contributed by atoms with Crippen LogP contribution in [0.3, 0.4) is 0 Å². The summed E-state index contributed by atoms with van der Waals surface area (Å²) in [6, 6.07) is 15.3. The van der Waals surface area contributed by atoms with Gasteiger partial charge < -0.3 is 0 Å². The first-order valence-corrected chi connectivity index (χ1v) is 9.72. The minimum atomic E-state index is -0.339. The van der Waals surface area contributed by atoms with Crippen LogP contribution in [0.25, 0.3) is 21.3 Å². The standard InChI is InChI=1S/C22H19N3O2S/c1-13-9-10-17(14(2)11-13)20(26)24-25-12-23-21-19(22(25)27)18(15(3)28-21)16-7-5-4-6-8-16/h4-12H,1-3H3,(H,24,26). The Bertz CT molecular complexity index is 1260. The molecule has 1 amide bonds. The second-order valence-electron chi connectivity index (χ2n) is 6.76. The molecule has 0 atom stereocenters. The molecule has 6 heteroatoms. The lowest BCUT2D eigenvalue weighted by atomic mass is 10.0. The van der Waals surface area contributed by atoms with E-state index in [9.17, 15) is 9.59 Å². The predicted octanol–water partition coefficient (Wildman–Crippen LogP) is 4.43. The Labute approximate surface area is 166 Å². The van der Waals surface area contributed by atoms with E-state index in [0.29, 0.717) is 15.8 Å². The molecule has 0 saturated carbocycles. The number of aryl methyl sites for hydroxylation is 3. The Morgan fingerprint density at radius 3 is 2.54 bits per heavy atom. The van der Waals surface area contributed by atoms with Gasteiger partial charge in [-0.15, -0.1) is 11.3 Å². The van der Waals surface area contributed by atoms with Gasteiger partial charge in [0.2, 0.25) is 0 Å². The van der Waals surface area contributed by atoms with E-state index >= 15 is 0 Å². The molecular formula is C22H19N3O2S. The Kier molecular flexibility index (Phi) is 4.57. The molecule has 0 fully saturated rings. The van der Waals surface area contributed by atoms with Crippen LogP contribution >= 0.6 is 11.3 Å². The maximum atomic E-state index is 13.2. The van der Waals surface area contributed by atoms with Crippen molar-refractivity contribution in [1.29, 1.82) is 0 Å². The molecule has 4 rings (SSSR count). The molecule has 0 saturated heterocycles. The number of nitrogens with one attached hydrogen (secondary N) is 1. The Morgan fingerprint density at radius 2 is 1.82 bits per heavy atom. The van der Waals surface area contributed by atoms with Crippen LogP contribution < -0.4 is 11.0 Å². The Morgan fingerprint density at radius 1 is 1.07 bits per heavy atom. The fraction of sp³-hybridized carbons (Fsp3) is 0.136. The maximum Gasteiger partial charge on any atom is 0.281 e. The molecule has 0 radical (unpaired) electrons. The van der Waals surface area contributed by atoms with Gasteiger partial charge in [0.05, 0.1) is 5.39 Å². The number of amides is 1. The lowest BCUT2D eigenvalue weighted by Gasteiger charge is -2.10. The van der Waals surface area contributed by atoms with Crippen molar-refractivity contribution in [2.75, 3.05) is 5.43 Å². The molecular weight excluding hydrogens is 370 g/mol. The van der Waals surface area contributed by atoms with E-state index in [1.54, 1.807) is 6.07 Å². The van der Waals surface area contributed by atoms with Crippen molar-refractivity contribution in [2.45, 2.75) is 20.8 Å². The van der Waals surface area contributed by atoms with Gasteiger partial charge in [0, 0.05) is 16.0 Å². The molecule has 2 aromatic carbocycles. The van der Waals surface area contributed by atoms with Crippen LogP contribution in [0.1, 0.15) is 26.4 Å². The summed E-state index contributed by atoms with van der Waals surface area (Å²) in [4.78, 5) is 31.9. The van der Waals surface area contributed by atoms with Gasteiger partial charge in [-0.3, -0.25) is 15.0 Å². The third kappa shape index (κ3) is 3.12. The van der Waals surface area contributed by atoms with Gasteiger partial charge in [0.1, 0.15) is 11.2 Å². The molecule has 0 bridgehead atoms. The van der Waals surface area contributed by atoms with Gasteiger partial charge in [-0.1, -0.05) is 48.0 Å². The van der Waals surface area contributed by atoms with Gasteiger partial charge in [0.25, 0.3) is 11.5 Å². The van der Waals surface area contributed by atoms with E-state index < -0.39 is 0 Å². The SMILES string of the molecule is Cc1ccc(C(=O)Nn2cnc3sc(C)c(-c4ccccc4)c3c2=O)c(C)c1. The number of rotatable bonds is 3. The number of carbonyl (C=O) groups excluding carboxylic acids is 1. The van der Waals surface area contributed by atoms with Crippen LogP contribution in [-0.4, -0.2) is 15.6 Å². The van der Waals surface area contributed by atoms with E-state index in [-0.39, 0.29) is 11.5 Å². The highest BCUT2D eigenvalue weighted by molar-refractivity contribution is 7.19. The van der Waals surface area contributed by atoms with Crippen molar-refractivity contribution in [3.05, 3.63) is 86.8 Å². The highest BCUT2D eigenvalue weighted by atomic mass is 32.1. The first-order chi connectivity index (χ1) is 13.5. The lowest BCUT2D eigenvalue weighted by molar-refractivity contribution is 0.101. The second-order valence-corrected chi connectivity index (χ2v) is 7.96. The summed E-state index contributed by atoms with van der Waals surface area (Å²) in [7, 11) is 0. The van der Waals surface area contributed by atoms with E-state index in [0.717, 1.165) is 27.1 Å². The fourth-order valence-electron chi connectivity index (χ4n) is 3.37. The number of hydrogen-bond acceptors (Lipinski definition) is 4. The third-order valence-electron chi connectivity index (χ3n) is 4.70. The van der Waals surface area contributed by atoms with Crippen molar-refractivity contribution < 1.29 is 4.79 Å². The zero-order valence-corrected chi connectivity index (χ0v) is 16.6. The van der Waals surface area contributed by atoms with E-state index in [4.69, 9.17) is 0 Å². The molecule has 2 heterocycles. The number of aromatic nitrogens is 2. The topological polar surface area (TPSA) is 64.0 Å². The number of carbonyl (C=O) groups is 1. The van der Waals surface area contributed by atoms with Crippen molar-refractivity contribution in [2.24, 2.45) is 0 Å². The van der Waals surface area contributed by atoms with Gasteiger partial charge in [0.15, 0.2) is 0 Å². The predicted molar refractivity (Wildman–Crippen MR) is 114 cm³/mol. The smallest absolute Gasteiger partial charge is 0.267 e. The van der Waals surface area contributed by atoms with Crippen molar-refractivity contribution in [3.63, 3.8) is 0 Å². The average molecular weight is 389 g/mol. The summed E-state index contributed by atoms with van der Waals surface area (Å²) >= 11 is 1.48. The zero-order chi connectivity index (χ0) is 19.8. The van der Waals surface area contributed by atoms with Crippen LogP contribution in [-0.2, 0) is 0 Å². The number of nitrogens with zero attached hydrogens (tertiary/aromatic N) is 2. The Balaban J connectivity index is 1.80. The second kappa shape index (κ2) is 7.05. The fourth-order valence-corrected chi connectivity index (χ4v) is 4.38. The van der Waals surface area contributed by atoms with Gasteiger partial charge in [-0.2, -0.15) is 0 Å². The zero-order valence-electron chi connectivity index (χ0n) is 15.8. The maximum absolute atomic E-state index is 13.2. The quantitative estimate of drug-likeness (QED) is 0.564. The molecule has 5 nitrogen and oxygen atoms in total. The van der Waals surface area contributed by atoms with Crippen LogP contribution in [0.5, 0.6) is 0 Å². The molecule has 140 valence electrons. The summed E-state index contributed by atoms with van der Waals surface area (Å²) in [6.45, 7) is 5.83. The highest BCUT2D eigenvalue weighted by Gasteiger charge is 2.18. The van der Waals surface area contributed by atoms with Crippen molar-refractivity contribution in [3.8, 4) is 11.1 Å². The summed E-state index contributed by atoms with van der Waals surface area (Å²) in [5.74, 6) is -0.339. The minimum absolute atomic E-state index is 0.286. The number of thiophene rings is 1. The van der Waals surface area contributed by atoms with Crippen LogP contribution in [0.2, 0.25) is 0 Å². The molecule has 4 aromatic rings. The molecule has 0 spiro atoms. The molecule has 2 aromatic heterocycles. The largest absolute Gasteiger partial charge is 0.281 e. The number of fused-ring (bicyclic) bond motifs is 1. The molecule has 0 aliphatic rings. The van der Waals surface area contributed by atoms with Crippen molar-refractivity contribution in [1.82, 2.24) is 9.66 Å². The summed E-state index contributed by atoms with van der Waals surface area (Å²) in [6.07, 6.45) is 1.37. The molecule has 1 N–H and O–H groups in total. The van der Waals surface area contributed by atoms with Gasteiger partial charge in [-0.25, -0.2) is 9.66 Å². The molecule has 0 unspecified atom stereocenters. The van der Waals surface area contributed by atoms with Gasteiger partial charge in [-0.05, 0) is 38.0 Å². The number of hydrogen-bond donors (Lipinski definition) is 1. The highest BCUT2D eigenvalue weighted by Crippen LogP contribution is 2.35. The van der Waals surface area contributed by atoms with Crippen LogP contribution in [0, 0.1) is 20.8 Å². The van der Waals surface area contributed by atoms with Crippen LogP contribution in [0.4, 0.5) is 0 Å². The minimum Gasteiger partial charge on any atom is -0.267 e. The van der Waals surface area contributed by atoms with Gasteiger partial charge >= 0.3 is 0 Å². The van der Waals surface area contributed by atoms with E-state index in [1.807, 2.05) is 63.2 Å². The summed E-state index contributed by atoms with van der Waals surface area (Å²) in [5.41, 5.74) is 6.69. The summed E-state index contributed by atoms with van der Waals surface area (Å²) < 4.78 is 1.17. The molecule has 28 heavy (non-hydrogen) atoms. The normalized spacial score (nSPS) is 11.0. The summed E-state index contributed by atoms with van der Waals surface area (Å²) in [5, 5.41) is 0.525. The average Bonchev–Trinajstić information content (AvgIpc) is 3.01. The van der Waals surface area contributed by atoms with E-state index in [2.05, 4.69) is 10.4 Å². The first-order valence-electron chi connectivity index (χ1n) is 8.90. The lowest BCUT2D eigenvalue weighted by Crippen LogP contribution is -2.33. The van der Waals surface area contributed by atoms with E-state index in [1.165, 1.54) is 22.3 Å². The third-order valence-corrected chi connectivity index (χ3v) is 5.71. The monoisotopic (exact) mass is 389 g/mol. The molecule has 0 aliphatic carbocycles. The number of benzene rings is 2. The van der Waals surface area contributed by atoms with Crippen LogP contribution in [0.15, 0.2) is 59.7 Å². The first kappa shape index (κ1) is 18.1. The van der Waals surface area contributed by atoms with Crippen molar-refractivity contribution >= 4 is 27.5 Å². The molecule has 0 aliphatic heterocycles. The Hall–Kier alpha value is -3.25.